The minimum atomic E-state index is -0.882. The number of carboxylic acid groups (broad SMARTS) is 1. The minimum absolute atomic E-state index is 0.441. The quantitative estimate of drug-likeness (QED) is 0.928. The second-order valence-corrected chi connectivity index (χ2v) is 5.24. The largest absolute Gasteiger partial charge is 0.483 e. The van der Waals surface area contributed by atoms with Crippen molar-refractivity contribution in [2.45, 2.75) is 6.61 Å². The highest BCUT2D eigenvalue weighted by molar-refractivity contribution is 5.65. The van der Waals surface area contributed by atoms with Crippen molar-refractivity contribution in [2.75, 3.05) is 31.1 Å². The Labute approximate surface area is 134 Å². The number of piperazine rings is 1. The van der Waals surface area contributed by atoms with E-state index in [2.05, 4.69) is 9.97 Å². The SMILES string of the molecule is O=C(O)N1CCN(c2ncncc2OCc2ccccc2)CC1. The van der Waals surface area contributed by atoms with Gasteiger partial charge in [0.05, 0.1) is 6.20 Å². The van der Waals surface area contributed by atoms with Gasteiger partial charge in [-0.3, -0.25) is 0 Å². The van der Waals surface area contributed by atoms with Gasteiger partial charge in [0, 0.05) is 26.2 Å². The normalized spacial score (nSPS) is 14.6. The Morgan fingerprint density at radius 3 is 2.61 bits per heavy atom. The Hall–Kier alpha value is -2.83. The van der Waals surface area contributed by atoms with E-state index < -0.39 is 6.09 Å². The maximum atomic E-state index is 11.0. The third-order valence-electron chi connectivity index (χ3n) is 3.75. The lowest BCUT2D eigenvalue weighted by molar-refractivity contribution is 0.142. The molecule has 0 unspecified atom stereocenters. The van der Waals surface area contributed by atoms with Gasteiger partial charge >= 0.3 is 6.09 Å². The van der Waals surface area contributed by atoms with E-state index in [-0.39, 0.29) is 0 Å². The molecule has 1 aliphatic heterocycles. The molecule has 120 valence electrons. The van der Waals surface area contributed by atoms with Gasteiger partial charge in [-0.15, -0.1) is 0 Å². The standard InChI is InChI=1S/C16H18N4O3/c21-16(22)20-8-6-19(7-9-20)15-14(10-17-12-18-15)23-11-13-4-2-1-3-5-13/h1-5,10,12H,6-9,11H2,(H,21,22). The number of amides is 1. The van der Waals surface area contributed by atoms with Gasteiger partial charge in [0.15, 0.2) is 11.6 Å². The molecule has 1 amide bonds. The van der Waals surface area contributed by atoms with Crippen molar-refractivity contribution in [3.8, 4) is 5.75 Å². The van der Waals surface area contributed by atoms with Crippen LogP contribution in [0.5, 0.6) is 5.75 Å². The summed E-state index contributed by atoms with van der Waals surface area (Å²) in [5.74, 6) is 1.32. The van der Waals surface area contributed by atoms with Crippen LogP contribution < -0.4 is 9.64 Å². The van der Waals surface area contributed by atoms with E-state index in [0.717, 1.165) is 5.56 Å². The average molecular weight is 314 g/mol. The third-order valence-corrected chi connectivity index (χ3v) is 3.75. The molecule has 23 heavy (non-hydrogen) atoms. The van der Waals surface area contributed by atoms with Crippen molar-refractivity contribution in [1.29, 1.82) is 0 Å². The Bertz CT molecular complexity index is 657. The first-order valence-corrected chi connectivity index (χ1v) is 7.43. The topological polar surface area (TPSA) is 78.8 Å². The maximum absolute atomic E-state index is 11.0. The lowest BCUT2D eigenvalue weighted by Crippen LogP contribution is -2.48. The molecular weight excluding hydrogens is 296 g/mol. The zero-order chi connectivity index (χ0) is 16.1. The first-order valence-electron chi connectivity index (χ1n) is 7.43. The summed E-state index contributed by atoms with van der Waals surface area (Å²) in [5.41, 5.74) is 1.07. The summed E-state index contributed by atoms with van der Waals surface area (Å²) >= 11 is 0. The molecule has 2 heterocycles. The van der Waals surface area contributed by atoms with E-state index in [1.54, 1.807) is 6.20 Å². The van der Waals surface area contributed by atoms with Crippen LogP contribution in [0.3, 0.4) is 0 Å². The van der Waals surface area contributed by atoms with Gasteiger partial charge in [0.1, 0.15) is 12.9 Å². The number of ether oxygens (including phenoxy) is 1. The fourth-order valence-electron chi connectivity index (χ4n) is 2.49. The summed E-state index contributed by atoms with van der Waals surface area (Å²) in [7, 11) is 0. The fraction of sp³-hybridized carbons (Fsp3) is 0.312. The second-order valence-electron chi connectivity index (χ2n) is 5.24. The van der Waals surface area contributed by atoms with E-state index in [9.17, 15) is 4.79 Å². The van der Waals surface area contributed by atoms with Gasteiger partial charge in [-0.1, -0.05) is 30.3 Å². The van der Waals surface area contributed by atoms with Crippen molar-refractivity contribution in [1.82, 2.24) is 14.9 Å². The summed E-state index contributed by atoms with van der Waals surface area (Å²) in [6, 6.07) is 9.88. The third kappa shape index (κ3) is 3.68. The van der Waals surface area contributed by atoms with Crippen LogP contribution in [-0.4, -0.2) is 52.2 Å². The molecule has 1 aromatic carbocycles. The number of nitrogens with zero attached hydrogens (tertiary/aromatic N) is 4. The zero-order valence-electron chi connectivity index (χ0n) is 12.6. The van der Waals surface area contributed by atoms with Crippen molar-refractivity contribution in [3.05, 3.63) is 48.4 Å². The molecule has 7 heteroatoms. The smallest absolute Gasteiger partial charge is 0.407 e. The summed E-state index contributed by atoms with van der Waals surface area (Å²) < 4.78 is 5.85. The molecule has 1 N–H and O–H groups in total. The van der Waals surface area contributed by atoms with Crippen LogP contribution in [0.2, 0.25) is 0 Å². The predicted octanol–water partition coefficient (Wildman–Crippen LogP) is 1.86. The summed E-state index contributed by atoms with van der Waals surface area (Å²) in [5, 5.41) is 9.02. The zero-order valence-corrected chi connectivity index (χ0v) is 12.6. The molecule has 1 aromatic heterocycles. The highest BCUT2D eigenvalue weighted by atomic mass is 16.5. The molecular formula is C16H18N4O3. The lowest BCUT2D eigenvalue weighted by atomic mass is 10.2. The number of aromatic nitrogens is 2. The summed E-state index contributed by atoms with van der Waals surface area (Å²) in [6.45, 7) is 2.53. The van der Waals surface area contributed by atoms with Gasteiger partial charge in [-0.05, 0) is 5.56 Å². The van der Waals surface area contributed by atoms with Crippen LogP contribution in [0.4, 0.5) is 10.6 Å². The molecule has 0 aliphatic carbocycles. The molecule has 7 nitrogen and oxygen atoms in total. The van der Waals surface area contributed by atoms with Gasteiger partial charge in [0.2, 0.25) is 0 Å². The van der Waals surface area contributed by atoms with Crippen molar-refractivity contribution >= 4 is 11.9 Å². The van der Waals surface area contributed by atoms with Gasteiger partial charge < -0.3 is 19.6 Å². The molecule has 0 saturated carbocycles. The van der Waals surface area contributed by atoms with E-state index >= 15 is 0 Å². The van der Waals surface area contributed by atoms with Crippen LogP contribution in [0.15, 0.2) is 42.9 Å². The minimum Gasteiger partial charge on any atom is -0.483 e. The van der Waals surface area contributed by atoms with Crippen molar-refractivity contribution < 1.29 is 14.6 Å². The van der Waals surface area contributed by atoms with Crippen LogP contribution in [-0.2, 0) is 6.61 Å². The maximum Gasteiger partial charge on any atom is 0.407 e. The molecule has 0 radical (unpaired) electrons. The number of rotatable bonds is 4. The first kappa shape index (κ1) is 15.1. The highest BCUT2D eigenvalue weighted by Crippen LogP contribution is 2.26. The summed E-state index contributed by atoms with van der Waals surface area (Å²) in [6.07, 6.45) is 2.25. The monoisotopic (exact) mass is 314 g/mol. The molecule has 0 bridgehead atoms. The Balaban J connectivity index is 1.67. The second kappa shape index (κ2) is 6.95. The number of hydrogen-bond acceptors (Lipinski definition) is 5. The van der Waals surface area contributed by atoms with Gasteiger partial charge in [-0.2, -0.15) is 0 Å². The van der Waals surface area contributed by atoms with Crippen LogP contribution >= 0.6 is 0 Å². The van der Waals surface area contributed by atoms with Crippen LogP contribution in [0.25, 0.3) is 0 Å². The van der Waals surface area contributed by atoms with Crippen LogP contribution in [0, 0.1) is 0 Å². The van der Waals surface area contributed by atoms with E-state index in [4.69, 9.17) is 9.84 Å². The number of benzene rings is 1. The molecule has 0 atom stereocenters. The Morgan fingerprint density at radius 1 is 1.17 bits per heavy atom. The van der Waals surface area contributed by atoms with Crippen LogP contribution in [0.1, 0.15) is 5.56 Å². The number of hydrogen-bond donors (Lipinski definition) is 1. The first-order chi connectivity index (χ1) is 11.2. The molecule has 2 aromatic rings. The molecule has 1 saturated heterocycles. The molecule has 1 aliphatic rings. The average Bonchev–Trinajstić information content (AvgIpc) is 2.61. The fourth-order valence-corrected chi connectivity index (χ4v) is 2.49. The van der Waals surface area contributed by atoms with E-state index in [1.807, 2.05) is 35.2 Å². The van der Waals surface area contributed by atoms with E-state index in [1.165, 1.54) is 11.2 Å². The number of anilines is 1. The number of carbonyl (C=O) groups is 1. The molecule has 0 spiro atoms. The highest BCUT2D eigenvalue weighted by Gasteiger charge is 2.23. The van der Waals surface area contributed by atoms with Gasteiger partial charge in [-0.25, -0.2) is 14.8 Å². The van der Waals surface area contributed by atoms with E-state index in [0.29, 0.717) is 44.4 Å². The Morgan fingerprint density at radius 2 is 1.91 bits per heavy atom. The lowest BCUT2D eigenvalue weighted by Gasteiger charge is -2.34. The molecule has 3 rings (SSSR count). The molecule has 1 fully saturated rings. The van der Waals surface area contributed by atoms with Crippen molar-refractivity contribution in [2.24, 2.45) is 0 Å². The Kier molecular flexibility index (Phi) is 4.56. The summed E-state index contributed by atoms with van der Waals surface area (Å²) in [4.78, 5) is 22.8. The van der Waals surface area contributed by atoms with Crippen molar-refractivity contribution in [3.63, 3.8) is 0 Å². The van der Waals surface area contributed by atoms with Gasteiger partial charge in [0.25, 0.3) is 0 Å². The predicted molar refractivity (Wildman–Crippen MR) is 84.6 cm³/mol.